The number of nitrogens with zero attached hydrogens (tertiary/aromatic N) is 2. The van der Waals surface area contributed by atoms with Crippen molar-refractivity contribution in [3.8, 4) is 0 Å². The lowest BCUT2D eigenvalue weighted by atomic mass is 10.3. The Morgan fingerprint density at radius 1 is 1.39 bits per heavy atom. The molecule has 1 aromatic heterocycles. The van der Waals surface area contributed by atoms with E-state index in [0.29, 0.717) is 0 Å². The first kappa shape index (κ1) is 12.4. The summed E-state index contributed by atoms with van der Waals surface area (Å²) in [5.74, 6) is -1.57. The number of hydrogen-bond donors (Lipinski definition) is 1. The van der Waals surface area contributed by atoms with Gasteiger partial charge in [-0.3, -0.25) is 4.79 Å². The van der Waals surface area contributed by atoms with E-state index in [4.69, 9.17) is 0 Å². The minimum absolute atomic E-state index is 0.216. The highest BCUT2D eigenvalue weighted by Gasteiger charge is 2.37. The van der Waals surface area contributed by atoms with Crippen molar-refractivity contribution in [2.45, 2.75) is 12.7 Å². The van der Waals surface area contributed by atoms with Crippen LogP contribution in [0.15, 0.2) is 24.3 Å². The summed E-state index contributed by atoms with van der Waals surface area (Å²) in [6.45, 7) is -0.411. The van der Waals surface area contributed by atoms with Gasteiger partial charge in [0.05, 0.1) is 11.0 Å². The van der Waals surface area contributed by atoms with Crippen LogP contribution in [0.5, 0.6) is 0 Å². The summed E-state index contributed by atoms with van der Waals surface area (Å²) in [6.07, 6.45) is -4.59. The molecule has 0 atom stereocenters. The van der Waals surface area contributed by atoms with E-state index in [2.05, 4.69) is 10.3 Å². The predicted molar refractivity (Wildman–Crippen MR) is 58.8 cm³/mol. The summed E-state index contributed by atoms with van der Waals surface area (Å²) in [5, 5.41) is 2.29. The number of fused-ring (bicyclic) bond motifs is 1. The fourth-order valence-corrected chi connectivity index (χ4v) is 1.67. The Hall–Kier alpha value is -2.05. The van der Waals surface area contributed by atoms with Crippen LogP contribution in [-0.2, 0) is 17.5 Å². The van der Waals surface area contributed by atoms with Crippen molar-refractivity contribution in [3.05, 3.63) is 30.1 Å². The lowest BCUT2D eigenvalue weighted by Gasteiger charge is -2.10. The third-order valence-electron chi connectivity index (χ3n) is 2.49. The Balaban J connectivity index is 2.62. The van der Waals surface area contributed by atoms with Gasteiger partial charge in [0.1, 0.15) is 6.54 Å². The summed E-state index contributed by atoms with van der Waals surface area (Å²) in [5.41, 5.74) is 0.502. The van der Waals surface area contributed by atoms with Gasteiger partial charge >= 0.3 is 6.18 Å². The Labute approximate surface area is 100 Å². The van der Waals surface area contributed by atoms with Gasteiger partial charge in [-0.25, -0.2) is 4.98 Å². The van der Waals surface area contributed by atoms with E-state index < -0.39 is 24.5 Å². The van der Waals surface area contributed by atoms with E-state index in [1.165, 1.54) is 19.2 Å². The van der Waals surface area contributed by atoms with Crippen molar-refractivity contribution in [1.29, 1.82) is 0 Å². The highest BCUT2D eigenvalue weighted by molar-refractivity contribution is 5.81. The highest BCUT2D eigenvalue weighted by Crippen LogP contribution is 2.31. The second-order valence-electron chi connectivity index (χ2n) is 3.68. The molecule has 2 rings (SSSR count). The summed E-state index contributed by atoms with van der Waals surface area (Å²) >= 11 is 0. The third kappa shape index (κ3) is 2.15. The minimum atomic E-state index is -4.59. The first-order valence-corrected chi connectivity index (χ1v) is 5.16. The summed E-state index contributed by atoms with van der Waals surface area (Å²) < 4.78 is 39.3. The van der Waals surface area contributed by atoms with Gasteiger partial charge in [0, 0.05) is 7.05 Å². The van der Waals surface area contributed by atoms with E-state index >= 15 is 0 Å². The largest absolute Gasteiger partial charge is 0.449 e. The number of carbonyl (C=O) groups excluding carboxylic acids is 1. The topological polar surface area (TPSA) is 46.9 Å². The highest BCUT2D eigenvalue weighted by atomic mass is 19.4. The van der Waals surface area contributed by atoms with Gasteiger partial charge in [-0.15, -0.1) is 0 Å². The van der Waals surface area contributed by atoms with Crippen LogP contribution in [0.2, 0.25) is 0 Å². The van der Waals surface area contributed by atoms with E-state index in [0.717, 1.165) is 4.57 Å². The Morgan fingerprint density at radius 2 is 2.06 bits per heavy atom. The summed E-state index contributed by atoms with van der Waals surface area (Å²) in [4.78, 5) is 14.8. The maximum Gasteiger partial charge on any atom is 0.449 e. The van der Waals surface area contributed by atoms with Crippen molar-refractivity contribution in [2.75, 3.05) is 7.05 Å². The van der Waals surface area contributed by atoms with Crippen molar-refractivity contribution in [2.24, 2.45) is 0 Å². The smallest absolute Gasteiger partial charge is 0.358 e. The van der Waals surface area contributed by atoms with Gasteiger partial charge in [-0.2, -0.15) is 13.2 Å². The number of aromatic nitrogens is 2. The molecular weight excluding hydrogens is 247 g/mol. The second kappa shape index (κ2) is 4.32. The van der Waals surface area contributed by atoms with E-state index in [9.17, 15) is 18.0 Å². The van der Waals surface area contributed by atoms with E-state index in [-0.39, 0.29) is 11.0 Å². The third-order valence-corrected chi connectivity index (χ3v) is 2.49. The van der Waals surface area contributed by atoms with Crippen LogP contribution in [-0.4, -0.2) is 22.5 Å². The molecule has 1 amide bonds. The Morgan fingerprint density at radius 3 is 2.67 bits per heavy atom. The number of rotatable bonds is 2. The van der Waals surface area contributed by atoms with Gasteiger partial charge in [0.25, 0.3) is 0 Å². The number of likely N-dealkylation sites (N-methyl/N-ethyl adjacent to an activating group) is 1. The quantitative estimate of drug-likeness (QED) is 0.891. The maximum atomic E-state index is 12.8. The fraction of sp³-hybridized carbons (Fsp3) is 0.273. The number of carbonyl (C=O) groups is 1. The summed E-state index contributed by atoms with van der Waals surface area (Å²) in [7, 11) is 1.37. The predicted octanol–water partition coefficient (Wildman–Crippen LogP) is 1.80. The number of hydrogen-bond acceptors (Lipinski definition) is 2. The van der Waals surface area contributed by atoms with Gasteiger partial charge in [-0.05, 0) is 12.1 Å². The van der Waals surface area contributed by atoms with Crippen LogP contribution in [0.3, 0.4) is 0 Å². The zero-order valence-corrected chi connectivity index (χ0v) is 9.45. The second-order valence-corrected chi connectivity index (χ2v) is 3.68. The monoisotopic (exact) mass is 257 g/mol. The lowest BCUT2D eigenvalue weighted by Crippen LogP contribution is -2.26. The van der Waals surface area contributed by atoms with Gasteiger partial charge < -0.3 is 9.88 Å². The average Bonchev–Trinajstić information content (AvgIpc) is 2.68. The number of para-hydroxylation sites is 2. The zero-order chi connectivity index (χ0) is 13.3. The molecule has 1 heterocycles. The van der Waals surface area contributed by atoms with Crippen molar-refractivity contribution in [1.82, 2.24) is 14.9 Å². The molecular formula is C11H10F3N3O. The molecule has 96 valence electrons. The van der Waals surface area contributed by atoms with Gasteiger partial charge in [0.15, 0.2) is 0 Å². The first-order chi connectivity index (χ1) is 8.43. The molecule has 0 aliphatic heterocycles. The standard InChI is InChI=1S/C11H10F3N3O/c1-15-9(18)6-17-8-5-3-2-4-7(8)16-10(17)11(12,13)14/h2-5H,6H2,1H3,(H,15,18). The molecule has 0 unspecified atom stereocenters. The molecule has 0 aliphatic rings. The van der Waals surface area contributed by atoms with Crippen LogP contribution in [0.25, 0.3) is 11.0 Å². The van der Waals surface area contributed by atoms with E-state index in [1.54, 1.807) is 12.1 Å². The SMILES string of the molecule is CNC(=O)Cn1c(C(F)(F)F)nc2ccccc21. The fourth-order valence-electron chi connectivity index (χ4n) is 1.67. The molecule has 18 heavy (non-hydrogen) atoms. The molecule has 1 N–H and O–H groups in total. The molecule has 2 aromatic rings. The molecule has 0 fully saturated rings. The lowest BCUT2D eigenvalue weighted by molar-refractivity contribution is -0.147. The normalized spacial score (nSPS) is 11.8. The molecule has 0 bridgehead atoms. The maximum absolute atomic E-state index is 12.8. The van der Waals surface area contributed by atoms with Crippen molar-refractivity contribution in [3.63, 3.8) is 0 Å². The number of nitrogens with one attached hydrogen (secondary N) is 1. The molecule has 0 spiro atoms. The molecule has 4 nitrogen and oxygen atoms in total. The Kier molecular flexibility index (Phi) is 2.98. The van der Waals surface area contributed by atoms with Crippen molar-refractivity contribution >= 4 is 16.9 Å². The Bertz CT molecular complexity index is 589. The molecule has 7 heteroatoms. The summed E-state index contributed by atoms with van der Waals surface area (Å²) in [6, 6.07) is 6.18. The zero-order valence-electron chi connectivity index (χ0n) is 9.45. The number of benzene rings is 1. The molecule has 0 saturated carbocycles. The number of imidazole rings is 1. The number of alkyl halides is 3. The molecule has 1 aromatic carbocycles. The van der Waals surface area contributed by atoms with Crippen LogP contribution >= 0.6 is 0 Å². The molecule has 0 aliphatic carbocycles. The van der Waals surface area contributed by atoms with Gasteiger partial charge in [-0.1, -0.05) is 12.1 Å². The molecule has 0 saturated heterocycles. The number of amides is 1. The van der Waals surface area contributed by atoms with Crippen molar-refractivity contribution < 1.29 is 18.0 Å². The van der Waals surface area contributed by atoms with E-state index in [1.807, 2.05) is 0 Å². The van der Waals surface area contributed by atoms with Crippen LogP contribution in [0.4, 0.5) is 13.2 Å². The van der Waals surface area contributed by atoms with Crippen LogP contribution in [0.1, 0.15) is 5.82 Å². The van der Waals surface area contributed by atoms with Crippen LogP contribution < -0.4 is 5.32 Å². The number of halogens is 3. The molecule has 0 radical (unpaired) electrons. The van der Waals surface area contributed by atoms with Gasteiger partial charge in [0.2, 0.25) is 11.7 Å². The van der Waals surface area contributed by atoms with Crippen LogP contribution in [0, 0.1) is 0 Å². The average molecular weight is 257 g/mol. The first-order valence-electron chi connectivity index (χ1n) is 5.16. The minimum Gasteiger partial charge on any atom is -0.358 e.